The molecule has 0 rings (SSSR count). The van der Waals surface area contributed by atoms with Crippen molar-refractivity contribution in [2.45, 2.75) is 40.2 Å². The molecule has 1 atom stereocenters. The summed E-state index contributed by atoms with van der Waals surface area (Å²) < 4.78 is 0. The van der Waals surface area contributed by atoms with Gasteiger partial charge in [0, 0.05) is 6.54 Å². The molecule has 0 radical (unpaired) electrons. The normalized spacial score (nSPS) is 13.6. The summed E-state index contributed by atoms with van der Waals surface area (Å²) in [4.78, 5) is 22.6. The lowest BCUT2D eigenvalue weighted by molar-refractivity contribution is -0.127. The Labute approximate surface area is 96.9 Å². The molecular weight excluding hydrogens is 206 g/mol. The van der Waals surface area contributed by atoms with Gasteiger partial charge in [0.05, 0.1) is 11.5 Å². The molecule has 5 N–H and O–H groups in total. The minimum atomic E-state index is -0.743. The first kappa shape index (κ1) is 14.9. The Kier molecular flexibility index (Phi) is 5.44. The zero-order valence-corrected chi connectivity index (χ0v) is 10.5. The molecule has 2 amide bonds. The number of amides is 2. The van der Waals surface area contributed by atoms with Gasteiger partial charge in [-0.05, 0) is 26.2 Å². The van der Waals surface area contributed by atoms with Crippen LogP contribution in [0, 0.1) is 11.3 Å². The molecule has 0 fully saturated rings. The number of carbonyl (C=O) groups is 2. The van der Waals surface area contributed by atoms with E-state index in [0.717, 1.165) is 0 Å². The van der Waals surface area contributed by atoms with Gasteiger partial charge < -0.3 is 16.8 Å². The summed E-state index contributed by atoms with van der Waals surface area (Å²) in [6.07, 6.45) is 0.628. The van der Waals surface area contributed by atoms with Crippen LogP contribution in [-0.2, 0) is 9.59 Å². The molecule has 0 aliphatic carbocycles. The largest absolute Gasteiger partial charge is 0.369 e. The fourth-order valence-corrected chi connectivity index (χ4v) is 1.14. The van der Waals surface area contributed by atoms with E-state index in [2.05, 4.69) is 5.32 Å². The molecule has 0 aromatic carbocycles. The molecule has 1 unspecified atom stereocenters. The second kappa shape index (κ2) is 5.84. The van der Waals surface area contributed by atoms with Crippen LogP contribution in [0.5, 0.6) is 0 Å². The molecule has 0 spiro atoms. The van der Waals surface area contributed by atoms with Gasteiger partial charge in [0.1, 0.15) is 0 Å². The number of hydrogen-bond acceptors (Lipinski definition) is 3. The Morgan fingerprint density at radius 2 is 1.81 bits per heavy atom. The van der Waals surface area contributed by atoms with E-state index in [0.29, 0.717) is 12.3 Å². The minimum absolute atomic E-state index is 0.215. The average molecular weight is 229 g/mol. The van der Waals surface area contributed by atoms with Crippen molar-refractivity contribution in [3.05, 3.63) is 0 Å². The molecule has 0 saturated heterocycles. The van der Waals surface area contributed by atoms with Crippen LogP contribution in [0.2, 0.25) is 0 Å². The van der Waals surface area contributed by atoms with E-state index >= 15 is 0 Å². The van der Waals surface area contributed by atoms with Gasteiger partial charge in [0.25, 0.3) is 0 Å². The highest BCUT2D eigenvalue weighted by atomic mass is 16.2. The van der Waals surface area contributed by atoms with Gasteiger partial charge in [-0.25, -0.2) is 0 Å². The third-order valence-electron chi connectivity index (χ3n) is 2.43. The molecule has 0 aliphatic heterocycles. The number of rotatable bonds is 6. The van der Waals surface area contributed by atoms with Crippen molar-refractivity contribution in [1.82, 2.24) is 5.32 Å². The summed E-state index contributed by atoms with van der Waals surface area (Å²) in [6, 6.07) is -0.524. The predicted molar refractivity (Wildman–Crippen MR) is 63.4 cm³/mol. The quantitative estimate of drug-likeness (QED) is 0.597. The molecule has 94 valence electrons. The molecule has 0 aromatic heterocycles. The van der Waals surface area contributed by atoms with Crippen LogP contribution in [0.15, 0.2) is 0 Å². The molecule has 0 aliphatic rings. The number of nitrogens with one attached hydrogen (secondary N) is 1. The van der Waals surface area contributed by atoms with E-state index in [1.165, 1.54) is 0 Å². The van der Waals surface area contributed by atoms with Crippen molar-refractivity contribution < 1.29 is 9.59 Å². The number of nitrogens with two attached hydrogens (primary N) is 2. The first-order valence-electron chi connectivity index (χ1n) is 5.50. The monoisotopic (exact) mass is 229 g/mol. The third-order valence-corrected chi connectivity index (χ3v) is 2.43. The Bertz CT molecular complexity index is 262. The van der Waals surface area contributed by atoms with Crippen molar-refractivity contribution in [2.75, 3.05) is 6.54 Å². The van der Waals surface area contributed by atoms with Crippen molar-refractivity contribution in [3.8, 4) is 0 Å². The van der Waals surface area contributed by atoms with Crippen LogP contribution in [0.1, 0.15) is 34.1 Å². The second-order valence-electron chi connectivity index (χ2n) is 5.20. The second-order valence-corrected chi connectivity index (χ2v) is 5.20. The molecule has 0 heterocycles. The number of hydrogen-bond donors (Lipinski definition) is 3. The van der Waals surface area contributed by atoms with Gasteiger partial charge in [-0.1, -0.05) is 13.8 Å². The number of primary amides is 1. The van der Waals surface area contributed by atoms with Gasteiger partial charge in [0.15, 0.2) is 0 Å². The Morgan fingerprint density at radius 3 is 2.19 bits per heavy atom. The topological polar surface area (TPSA) is 98.2 Å². The first-order chi connectivity index (χ1) is 7.16. The molecule has 5 nitrogen and oxygen atoms in total. The summed E-state index contributed by atoms with van der Waals surface area (Å²) >= 11 is 0. The van der Waals surface area contributed by atoms with Gasteiger partial charge in [-0.15, -0.1) is 0 Å². The average Bonchev–Trinajstić information content (AvgIpc) is 2.12. The van der Waals surface area contributed by atoms with Crippen LogP contribution in [0.25, 0.3) is 0 Å². The van der Waals surface area contributed by atoms with E-state index in [1.807, 2.05) is 13.8 Å². The van der Waals surface area contributed by atoms with Gasteiger partial charge >= 0.3 is 0 Å². The Balaban J connectivity index is 4.12. The van der Waals surface area contributed by atoms with Gasteiger partial charge in [-0.3, -0.25) is 9.59 Å². The van der Waals surface area contributed by atoms with Crippen molar-refractivity contribution in [2.24, 2.45) is 22.8 Å². The first-order valence-corrected chi connectivity index (χ1v) is 5.50. The van der Waals surface area contributed by atoms with E-state index in [4.69, 9.17) is 11.5 Å². The zero-order chi connectivity index (χ0) is 12.9. The highest BCUT2D eigenvalue weighted by molar-refractivity contribution is 5.84. The van der Waals surface area contributed by atoms with Crippen molar-refractivity contribution in [3.63, 3.8) is 0 Å². The summed E-state index contributed by atoms with van der Waals surface area (Å²) in [7, 11) is 0. The maximum atomic E-state index is 11.6. The van der Waals surface area contributed by atoms with E-state index in [9.17, 15) is 9.59 Å². The van der Waals surface area contributed by atoms with Gasteiger partial charge in [0.2, 0.25) is 11.8 Å². The Hall–Kier alpha value is -1.10. The van der Waals surface area contributed by atoms with E-state index in [1.54, 1.807) is 13.8 Å². The SMILES string of the molecule is CC(C)CC(N)C(=O)NCC(C)(C)C(N)=O. The predicted octanol–water partition coefficient (Wildman–Crippen LogP) is -0.0125. The fraction of sp³-hybridized carbons (Fsp3) is 0.818. The lowest BCUT2D eigenvalue weighted by atomic mass is 9.92. The lowest BCUT2D eigenvalue weighted by Gasteiger charge is -2.22. The van der Waals surface area contributed by atoms with Crippen LogP contribution < -0.4 is 16.8 Å². The fourth-order valence-electron chi connectivity index (χ4n) is 1.14. The lowest BCUT2D eigenvalue weighted by Crippen LogP contribution is -2.47. The van der Waals surface area contributed by atoms with Crippen LogP contribution in [-0.4, -0.2) is 24.4 Å². The molecular formula is C11H23N3O2. The highest BCUT2D eigenvalue weighted by Crippen LogP contribution is 2.12. The van der Waals surface area contributed by atoms with E-state index < -0.39 is 17.4 Å². The summed E-state index contributed by atoms with van der Waals surface area (Å²) in [6.45, 7) is 7.58. The van der Waals surface area contributed by atoms with Crippen LogP contribution in [0.3, 0.4) is 0 Å². The molecule has 0 bridgehead atoms. The standard InChI is InChI=1S/C11H23N3O2/c1-7(2)5-8(12)9(15)14-6-11(3,4)10(13)16/h7-8H,5-6,12H2,1-4H3,(H2,13,16)(H,14,15). The van der Waals surface area contributed by atoms with Crippen molar-refractivity contribution in [1.29, 1.82) is 0 Å². The summed E-state index contributed by atoms with van der Waals surface area (Å²) in [5.74, 6) is -0.307. The Morgan fingerprint density at radius 1 is 1.31 bits per heavy atom. The van der Waals surface area contributed by atoms with Crippen LogP contribution in [0.4, 0.5) is 0 Å². The summed E-state index contributed by atoms with van der Waals surface area (Å²) in [5.41, 5.74) is 10.1. The zero-order valence-electron chi connectivity index (χ0n) is 10.5. The molecule has 0 aromatic rings. The smallest absolute Gasteiger partial charge is 0.236 e. The maximum Gasteiger partial charge on any atom is 0.236 e. The molecule has 16 heavy (non-hydrogen) atoms. The molecule has 0 saturated carbocycles. The number of carbonyl (C=O) groups excluding carboxylic acids is 2. The summed E-state index contributed by atoms with van der Waals surface area (Å²) in [5, 5.41) is 2.64. The van der Waals surface area contributed by atoms with Gasteiger partial charge in [-0.2, -0.15) is 0 Å². The highest BCUT2D eigenvalue weighted by Gasteiger charge is 2.26. The third kappa shape index (κ3) is 5.11. The minimum Gasteiger partial charge on any atom is -0.369 e. The molecule has 5 heteroatoms. The maximum absolute atomic E-state index is 11.6. The van der Waals surface area contributed by atoms with Crippen LogP contribution >= 0.6 is 0 Å². The van der Waals surface area contributed by atoms with Crippen molar-refractivity contribution >= 4 is 11.8 Å². The van der Waals surface area contributed by atoms with E-state index in [-0.39, 0.29) is 12.5 Å².